The standard InChI is InChI=1S/C17H22N2O3/c1-4-14-5-7-16(8-6-14)21-10-15(20)11-22-17-9-12(2)13(3)18-19-17/h5-9,15,20H,4,10-11H2,1-3H3. The third-order valence-electron chi connectivity index (χ3n) is 3.41. The van der Waals surface area contributed by atoms with Crippen LogP contribution in [0, 0.1) is 13.8 Å². The Hall–Kier alpha value is -2.14. The van der Waals surface area contributed by atoms with Crippen molar-refractivity contribution in [3.8, 4) is 11.6 Å². The summed E-state index contributed by atoms with van der Waals surface area (Å²) in [5.41, 5.74) is 3.13. The van der Waals surface area contributed by atoms with Crippen LogP contribution in [0.4, 0.5) is 0 Å². The summed E-state index contributed by atoms with van der Waals surface area (Å²) in [6, 6.07) is 9.65. The van der Waals surface area contributed by atoms with Crippen molar-refractivity contribution < 1.29 is 14.6 Å². The second-order valence-corrected chi connectivity index (χ2v) is 5.22. The Morgan fingerprint density at radius 1 is 1.05 bits per heavy atom. The fraction of sp³-hybridized carbons (Fsp3) is 0.412. The molecule has 5 heteroatoms. The topological polar surface area (TPSA) is 64.5 Å². The van der Waals surface area contributed by atoms with Gasteiger partial charge in [-0.05, 0) is 43.5 Å². The number of hydrogen-bond donors (Lipinski definition) is 1. The maximum atomic E-state index is 9.90. The summed E-state index contributed by atoms with van der Waals surface area (Å²) in [5.74, 6) is 1.15. The molecule has 0 amide bonds. The van der Waals surface area contributed by atoms with Crippen molar-refractivity contribution in [1.82, 2.24) is 10.2 Å². The molecule has 0 aliphatic heterocycles. The molecule has 1 atom stereocenters. The quantitative estimate of drug-likeness (QED) is 0.851. The van der Waals surface area contributed by atoms with Gasteiger partial charge in [-0.1, -0.05) is 19.1 Å². The smallest absolute Gasteiger partial charge is 0.233 e. The van der Waals surface area contributed by atoms with Gasteiger partial charge in [0.25, 0.3) is 0 Å². The minimum Gasteiger partial charge on any atom is -0.491 e. The molecule has 1 aromatic carbocycles. The lowest BCUT2D eigenvalue weighted by Gasteiger charge is -2.13. The third kappa shape index (κ3) is 4.70. The fourth-order valence-electron chi connectivity index (χ4n) is 1.84. The van der Waals surface area contributed by atoms with E-state index in [0.29, 0.717) is 5.88 Å². The summed E-state index contributed by atoms with van der Waals surface area (Å²) in [6.07, 6.45) is 0.266. The lowest BCUT2D eigenvalue weighted by Crippen LogP contribution is -2.25. The van der Waals surface area contributed by atoms with Gasteiger partial charge in [-0.2, -0.15) is 5.10 Å². The summed E-state index contributed by atoms with van der Waals surface area (Å²) >= 11 is 0. The average molecular weight is 302 g/mol. The largest absolute Gasteiger partial charge is 0.491 e. The van der Waals surface area contributed by atoms with Gasteiger partial charge in [-0.25, -0.2) is 0 Å². The molecule has 5 nitrogen and oxygen atoms in total. The van der Waals surface area contributed by atoms with E-state index in [2.05, 4.69) is 17.1 Å². The van der Waals surface area contributed by atoms with E-state index in [0.717, 1.165) is 23.4 Å². The predicted molar refractivity (Wildman–Crippen MR) is 84.3 cm³/mol. The van der Waals surface area contributed by atoms with E-state index in [-0.39, 0.29) is 13.2 Å². The molecule has 1 heterocycles. The van der Waals surface area contributed by atoms with Gasteiger partial charge >= 0.3 is 0 Å². The maximum absolute atomic E-state index is 9.90. The van der Waals surface area contributed by atoms with Crippen molar-refractivity contribution in [2.24, 2.45) is 0 Å². The lowest BCUT2D eigenvalue weighted by atomic mass is 10.2. The molecular weight excluding hydrogens is 280 g/mol. The Labute approximate surface area is 130 Å². The first kappa shape index (κ1) is 16.2. The van der Waals surface area contributed by atoms with Crippen molar-refractivity contribution in [3.63, 3.8) is 0 Å². The number of aliphatic hydroxyl groups excluding tert-OH is 1. The minimum absolute atomic E-state index is 0.115. The van der Waals surface area contributed by atoms with Gasteiger partial charge in [0.15, 0.2) is 0 Å². The van der Waals surface area contributed by atoms with Crippen LogP contribution in [-0.4, -0.2) is 34.6 Å². The number of benzene rings is 1. The van der Waals surface area contributed by atoms with Crippen LogP contribution in [0.15, 0.2) is 30.3 Å². The number of aliphatic hydroxyl groups is 1. The average Bonchev–Trinajstić information content (AvgIpc) is 2.54. The maximum Gasteiger partial charge on any atom is 0.233 e. The van der Waals surface area contributed by atoms with E-state index in [1.165, 1.54) is 5.56 Å². The number of ether oxygens (including phenoxy) is 2. The van der Waals surface area contributed by atoms with Gasteiger partial charge in [-0.3, -0.25) is 0 Å². The van der Waals surface area contributed by atoms with Crippen LogP contribution < -0.4 is 9.47 Å². The Kier molecular flexibility index (Phi) is 5.72. The number of aryl methyl sites for hydroxylation is 3. The molecule has 1 aromatic heterocycles. The Morgan fingerprint density at radius 2 is 1.73 bits per heavy atom. The highest BCUT2D eigenvalue weighted by atomic mass is 16.5. The monoisotopic (exact) mass is 302 g/mol. The van der Waals surface area contributed by atoms with Crippen molar-refractivity contribution >= 4 is 0 Å². The SMILES string of the molecule is CCc1ccc(OCC(O)COc2cc(C)c(C)nn2)cc1. The number of rotatable bonds is 7. The van der Waals surface area contributed by atoms with Crippen LogP contribution in [0.1, 0.15) is 23.7 Å². The van der Waals surface area contributed by atoms with E-state index in [4.69, 9.17) is 9.47 Å². The number of nitrogens with zero attached hydrogens (tertiary/aromatic N) is 2. The summed E-state index contributed by atoms with van der Waals surface area (Å²) in [6.45, 7) is 6.22. The van der Waals surface area contributed by atoms with E-state index >= 15 is 0 Å². The highest BCUT2D eigenvalue weighted by molar-refractivity contribution is 5.27. The molecule has 2 aromatic rings. The normalized spacial score (nSPS) is 12.0. The molecule has 118 valence electrons. The van der Waals surface area contributed by atoms with Crippen LogP contribution in [0.25, 0.3) is 0 Å². The summed E-state index contributed by atoms with van der Waals surface area (Å²) in [7, 11) is 0. The summed E-state index contributed by atoms with van der Waals surface area (Å²) < 4.78 is 11.0. The molecule has 0 bridgehead atoms. The Balaban J connectivity index is 1.77. The van der Waals surface area contributed by atoms with Crippen molar-refractivity contribution in [1.29, 1.82) is 0 Å². The zero-order chi connectivity index (χ0) is 15.9. The highest BCUT2D eigenvalue weighted by Gasteiger charge is 2.08. The highest BCUT2D eigenvalue weighted by Crippen LogP contribution is 2.13. The zero-order valence-corrected chi connectivity index (χ0v) is 13.2. The summed E-state index contributed by atoms with van der Waals surface area (Å²) in [4.78, 5) is 0. The van der Waals surface area contributed by atoms with Gasteiger partial charge < -0.3 is 14.6 Å². The molecule has 0 spiro atoms. The third-order valence-corrected chi connectivity index (χ3v) is 3.41. The van der Waals surface area contributed by atoms with Gasteiger partial charge in [-0.15, -0.1) is 5.10 Å². The van der Waals surface area contributed by atoms with Crippen LogP contribution in [0.2, 0.25) is 0 Å². The van der Waals surface area contributed by atoms with Gasteiger partial charge in [0.1, 0.15) is 25.1 Å². The van der Waals surface area contributed by atoms with Gasteiger partial charge in [0.05, 0.1) is 5.69 Å². The molecule has 1 unspecified atom stereocenters. The fourth-order valence-corrected chi connectivity index (χ4v) is 1.84. The lowest BCUT2D eigenvalue weighted by molar-refractivity contribution is 0.0606. The molecule has 2 rings (SSSR count). The molecule has 0 aliphatic rings. The predicted octanol–water partition coefficient (Wildman–Crippen LogP) is 2.47. The molecule has 22 heavy (non-hydrogen) atoms. The van der Waals surface area contributed by atoms with Gasteiger partial charge in [0.2, 0.25) is 5.88 Å². The van der Waals surface area contributed by atoms with Crippen LogP contribution in [0.5, 0.6) is 11.6 Å². The van der Waals surface area contributed by atoms with Crippen molar-refractivity contribution in [2.45, 2.75) is 33.3 Å². The Morgan fingerprint density at radius 3 is 2.36 bits per heavy atom. The van der Waals surface area contributed by atoms with Crippen LogP contribution in [0.3, 0.4) is 0 Å². The number of aromatic nitrogens is 2. The molecule has 1 N–H and O–H groups in total. The molecule has 0 aliphatic carbocycles. The van der Waals surface area contributed by atoms with Crippen LogP contribution >= 0.6 is 0 Å². The Bertz CT molecular complexity index is 599. The molecule has 0 fully saturated rings. The zero-order valence-electron chi connectivity index (χ0n) is 13.2. The minimum atomic E-state index is -0.728. The first-order valence-corrected chi connectivity index (χ1v) is 7.42. The van der Waals surface area contributed by atoms with Crippen LogP contribution in [-0.2, 0) is 6.42 Å². The second-order valence-electron chi connectivity index (χ2n) is 5.22. The van der Waals surface area contributed by atoms with E-state index in [1.807, 2.05) is 38.1 Å². The molecule has 0 saturated carbocycles. The molecule has 0 saturated heterocycles. The number of hydrogen-bond acceptors (Lipinski definition) is 5. The van der Waals surface area contributed by atoms with E-state index in [9.17, 15) is 5.11 Å². The summed E-state index contributed by atoms with van der Waals surface area (Å²) in [5, 5.41) is 17.8. The molecular formula is C17H22N2O3. The second kappa shape index (κ2) is 7.75. The first-order chi connectivity index (χ1) is 10.6. The first-order valence-electron chi connectivity index (χ1n) is 7.42. The van der Waals surface area contributed by atoms with Crippen molar-refractivity contribution in [3.05, 3.63) is 47.2 Å². The van der Waals surface area contributed by atoms with Gasteiger partial charge in [0, 0.05) is 6.07 Å². The van der Waals surface area contributed by atoms with Crippen molar-refractivity contribution in [2.75, 3.05) is 13.2 Å². The molecule has 0 radical (unpaired) electrons. The van der Waals surface area contributed by atoms with E-state index < -0.39 is 6.10 Å². The van der Waals surface area contributed by atoms with E-state index in [1.54, 1.807) is 6.07 Å².